The molecule has 0 saturated heterocycles. The number of carbonyl (C=O) groups excluding carboxylic acids is 2. The average Bonchev–Trinajstić information content (AvgIpc) is 2.49. The zero-order valence-electron chi connectivity index (χ0n) is 12.2. The molecule has 0 heterocycles. The summed E-state index contributed by atoms with van der Waals surface area (Å²) in [5.41, 5.74) is 2.10. The van der Waals surface area contributed by atoms with Crippen LogP contribution in [0.2, 0.25) is 0 Å². The van der Waals surface area contributed by atoms with Gasteiger partial charge in [-0.15, -0.1) is 0 Å². The predicted molar refractivity (Wildman–Crippen MR) is 75.7 cm³/mol. The van der Waals surface area contributed by atoms with E-state index in [1.165, 1.54) is 0 Å². The molecule has 0 fully saturated rings. The second-order valence-corrected chi connectivity index (χ2v) is 4.54. The smallest absolute Gasteiger partial charge is 0.349 e. The molecule has 0 saturated carbocycles. The van der Waals surface area contributed by atoms with Crippen molar-refractivity contribution in [1.82, 2.24) is 0 Å². The van der Waals surface area contributed by atoms with Crippen LogP contribution in [0, 0.1) is 0 Å². The second kappa shape index (κ2) is 7.78. The summed E-state index contributed by atoms with van der Waals surface area (Å²) in [6.45, 7) is 5.82. The zero-order chi connectivity index (χ0) is 15.1. The van der Waals surface area contributed by atoms with E-state index in [1.54, 1.807) is 12.1 Å². The Balaban J connectivity index is 2.99. The van der Waals surface area contributed by atoms with Crippen LogP contribution in [0.15, 0.2) is 18.2 Å². The molecule has 3 nitrogen and oxygen atoms in total. The van der Waals surface area contributed by atoms with Gasteiger partial charge in [-0.2, -0.15) is 0 Å². The highest BCUT2D eigenvalue weighted by molar-refractivity contribution is 6.11. The first-order valence-corrected chi connectivity index (χ1v) is 7.02. The molecule has 0 bridgehead atoms. The summed E-state index contributed by atoms with van der Waals surface area (Å²) in [6.07, 6.45) is -0.249. The molecular weight excluding hydrogens is 259 g/mol. The van der Waals surface area contributed by atoms with Crippen LogP contribution < -0.4 is 0 Å². The van der Waals surface area contributed by atoms with E-state index in [1.807, 2.05) is 26.8 Å². The van der Waals surface area contributed by atoms with E-state index in [9.17, 15) is 14.0 Å². The fourth-order valence-corrected chi connectivity index (χ4v) is 2.13. The Hall–Kier alpha value is -1.71. The van der Waals surface area contributed by atoms with Gasteiger partial charge in [-0.3, -0.25) is 4.79 Å². The summed E-state index contributed by atoms with van der Waals surface area (Å²) in [7, 11) is 0. The summed E-state index contributed by atoms with van der Waals surface area (Å²) < 4.78 is 18.6. The first-order valence-electron chi connectivity index (χ1n) is 7.02. The Morgan fingerprint density at radius 2 is 1.90 bits per heavy atom. The fourth-order valence-electron chi connectivity index (χ4n) is 2.13. The van der Waals surface area contributed by atoms with Crippen molar-refractivity contribution >= 4 is 11.8 Å². The Morgan fingerprint density at radius 3 is 2.45 bits per heavy atom. The largest absolute Gasteiger partial charge is 0.463 e. The van der Waals surface area contributed by atoms with Gasteiger partial charge >= 0.3 is 5.97 Å². The van der Waals surface area contributed by atoms with E-state index >= 15 is 0 Å². The summed E-state index contributed by atoms with van der Waals surface area (Å²) in [5, 5.41) is 0. The van der Waals surface area contributed by atoms with Gasteiger partial charge in [0.2, 0.25) is 5.78 Å². The number of ketones is 1. The molecule has 110 valence electrons. The molecule has 0 aliphatic carbocycles. The minimum Gasteiger partial charge on any atom is -0.463 e. The Bertz CT molecular complexity index is 483. The van der Waals surface area contributed by atoms with Crippen molar-refractivity contribution in [1.29, 1.82) is 0 Å². The fraction of sp³-hybridized carbons (Fsp3) is 0.500. The molecule has 0 amide bonds. The molecule has 1 aromatic rings. The number of carbonyl (C=O) groups is 2. The highest BCUT2D eigenvalue weighted by atomic mass is 19.1. The minimum atomic E-state index is -2.24. The monoisotopic (exact) mass is 280 g/mol. The summed E-state index contributed by atoms with van der Waals surface area (Å²) in [6, 6.07) is 5.20. The van der Waals surface area contributed by atoms with Crippen molar-refractivity contribution in [2.24, 2.45) is 0 Å². The summed E-state index contributed by atoms with van der Waals surface area (Å²) in [5.74, 6) is -1.90. The number of alkyl halides is 1. The van der Waals surface area contributed by atoms with Gasteiger partial charge in [-0.1, -0.05) is 39.0 Å². The van der Waals surface area contributed by atoms with Gasteiger partial charge < -0.3 is 4.74 Å². The van der Waals surface area contributed by atoms with E-state index in [4.69, 9.17) is 4.74 Å². The normalized spacial score (nSPS) is 12.0. The van der Waals surface area contributed by atoms with E-state index in [2.05, 4.69) is 0 Å². The number of hydrogen-bond acceptors (Lipinski definition) is 3. The second-order valence-electron chi connectivity index (χ2n) is 4.54. The van der Waals surface area contributed by atoms with Crippen LogP contribution >= 0.6 is 0 Å². The third-order valence-electron chi connectivity index (χ3n) is 3.16. The maximum absolute atomic E-state index is 13.9. The first-order chi connectivity index (χ1) is 9.56. The van der Waals surface area contributed by atoms with Crippen molar-refractivity contribution < 1.29 is 18.7 Å². The Kier molecular flexibility index (Phi) is 6.36. The Labute approximate surface area is 119 Å². The number of rotatable bonds is 7. The van der Waals surface area contributed by atoms with E-state index in [0.29, 0.717) is 12.8 Å². The van der Waals surface area contributed by atoms with Gasteiger partial charge in [0.15, 0.2) is 0 Å². The van der Waals surface area contributed by atoms with E-state index in [-0.39, 0.29) is 12.2 Å². The molecule has 1 atom stereocenters. The van der Waals surface area contributed by atoms with Crippen LogP contribution in [0.3, 0.4) is 0 Å². The molecule has 1 unspecified atom stereocenters. The maximum atomic E-state index is 13.9. The molecule has 0 spiro atoms. The summed E-state index contributed by atoms with van der Waals surface area (Å²) in [4.78, 5) is 23.6. The van der Waals surface area contributed by atoms with E-state index < -0.39 is 17.9 Å². The number of aryl methyl sites for hydroxylation is 1. The van der Waals surface area contributed by atoms with Crippen LogP contribution in [-0.2, 0) is 22.4 Å². The van der Waals surface area contributed by atoms with Gasteiger partial charge in [0, 0.05) is 5.56 Å². The quantitative estimate of drug-likeness (QED) is 0.437. The van der Waals surface area contributed by atoms with Gasteiger partial charge in [0.1, 0.15) is 0 Å². The van der Waals surface area contributed by atoms with Crippen LogP contribution in [0.1, 0.15) is 48.7 Å². The van der Waals surface area contributed by atoms with Crippen molar-refractivity contribution in [2.75, 3.05) is 6.61 Å². The lowest BCUT2D eigenvalue weighted by atomic mass is 9.93. The molecule has 0 radical (unpaired) electrons. The standard InChI is InChI=1S/C16H21FO3/c1-4-10-20-16(19)14(17)15(18)13-9-7-8-11(5-2)12(13)6-3/h7-9,14H,4-6,10H2,1-3H3. The third kappa shape index (κ3) is 3.65. The molecule has 4 heteroatoms. The number of hydrogen-bond donors (Lipinski definition) is 0. The molecule has 0 aliphatic rings. The number of ether oxygens (including phenoxy) is 1. The molecule has 0 aliphatic heterocycles. The number of Topliss-reactive ketones (excluding diaryl/α,β-unsaturated/α-hetero) is 1. The highest BCUT2D eigenvalue weighted by Crippen LogP contribution is 2.19. The van der Waals surface area contributed by atoms with Crippen molar-refractivity contribution in [3.63, 3.8) is 0 Å². The lowest BCUT2D eigenvalue weighted by Crippen LogP contribution is -2.29. The van der Waals surface area contributed by atoms with Gasteiger partial charge in [0.05, 0.1) is 6.61 Å². The highest BCUT2D eigenvalue weighted by Gasteiger charge is 2.30. The molecule has 1 aromatic carbocycles. The van der Waals surface area contributed by atoms with Crippen LogP contribution in [-0.4, -0.2) is 24.5 Å². The van der Waals surface area contributed by atoms with E-state index in [0.717, 1.165) is 17.5 Å². The number of halogens is 1. The first kappa shape index (κ1) is 16.3. The molecule has 0 N–H and O–H groups in total. The SMILES string of the molecule is CCCOC(=O)C(F)C(=O)c1cccc(CC)c1CC. The number of benzene rings is 1. The molecule has 0 aromatic heterocycles. The third-order valence-corrected chi connectivity index (χ3v) is 3.16. The topological polar surface area (TPSA) is 43.4 Å². The average molecular weight is 280 g/mol. The van der Waals surface area contributed by atoms with Gasteiger partial charge in [-0.05, 0) is 30.4 Å². The zero-order valence-corrected chi connectivity index (χ0v) is 12.2. The number of esters is 1. The Morgan fingerprint density at radius 1 is 1.20 bits per heavy atom. The molecular formula is C16H21FO3. The van der Waals surface area contributed by atoms with Crippen molar-refractivity contribution in [3.8, 4) is 0 Å². The lowest BCUT2D eigenvalue weighted by Gasteiger charge is -2.13. The molecule has 20 heavy (non-hydrogen) atoms. The minimum absolute atomic E-state index is 0.127. The maximum Gasteiger partial charge on any atom is 0.349 e. The predicted octanol–water partition coefficient (Wildman–Crippen LogP) is 3.29. The molecule has 1 rings (SSSR count). The van der Waals surface area contributed by atoms with Gasteiger partial charge in [-0.25, -0.2) is 9.18 Å². The summed E-state index contributed by atoms with van der Waals surface area (Å²) >= 11 is 0. The van der Waals surface area contributed by atoms with Crippen LogP contribution in [0.5, 0.6) is 0 Å². The van der Waals surface area contributed by atoms with Gasteiger partial charge in [0.25, 0.3) is 6.17 Å². The van der Waals surface area contributed by atoms with Crippen LogP contribution in [0.4, 0.5) is 4.39 Å². The van der Waals surface area contributed by atoms with Crippen LogP contribution in [0.25, 0.3) is 0 Å². The lowest BCUT2D eigenvalue weighted by molar-refractivity contribution is -0.147. The van der Waals surface area contributed by atoms with Crippen molar-refractivity contribution in [3.05, 3.63) is 34.9 Å². The van der Waals surface area contributed by atoms with Crippen molar-refractivity contribution in [2.45, 2.75) is 46.2 Å².